The fourth-order valence-corrected chi connectivity index (χ4v) is 2.58. The smallest absolute Gasteiger partial charge is 0.356 e. The lowest BCUT2D eigenvalue weighted by Crippen LogP contribution is -2.05. The number of hydrogen-bond donors (Lipinski definition) is 3. The number of aromatic nitrogens is 1. The predicted molar refractivity (Wildman–Crippen MR) is 98.7 cm³/mol. The second-order valence-corrected chi connectivity index (χ2v) is 5.82. The van der Waals surface area contributed by atoms with Gasteiger partial charge in [-0.05, 0) is 12.1 Å². The maximum atomic E-state index is 11.1. The first-order chi connectivity index (χ1) is 12.3. The maximum Gasteiger partial charge on any atom is 0.356 e. The molecule has 2 rings (SSSR count). The summed E-state index contributed by atoms with van der Waals surface area (Å²) in [6, 6.07) is 3.02. The molecule has 0 aliphatic carbocycles. The molecular weight excluding hydrogens is 409 g/mol. The molecule has 1 heterocycles. The largest absolute Gasteiger partial charge is 0.502 e. The van der Waals surface area contributed by atoms with E-state index in [1.165, 1.54) is 32.6 Å². The van der Waals surface area contributed by atoms with Crippen molar-refractivity contribution in [3.05, 3.63) is 38.6 Å². The number of hydrazone groups is 1. The molecule has 0 saturated carbocycles. The molecule has 0 unspecified atom stereocenters. The van der Waals surface area contributed by atoms with E-state index in [1.54, 1.807) is 0 Å². The SMILES string of the molecule is COc1cc(/C=N/Nc2c(Cl)c(Cl)nc(C(=O)O)c2Cl)cc(OC)c1O. The van der Waals surface area contributed by atoms with Crippen molar-refractivity contribution in [2.24, 2.45) is 5.10 Å². The van der Waals surface area contributed by atoms with E-state index in [2.05, 4.69) is 15.5 Å². The molecule has 11 heteroatoms. The first-order valence-corrected chi connectivity index (χ1v) is 7.95. The molecular formula is C15H12Cl3N3O5. The molecule has 1 aromatic carbocycles. The first kappa shape index (κ1) is 19.9. The molecule has 0 atom stereocenters. The first-order valence-electron chi connectivity index (χ1n) is 6.82. The number of nitrogens with one attached hydrogen (secondary N) is 1. The van der Waals surface area contributed by atoms with Crippen molar-refractivity contribution in [1.82, 2.24) is 4.98 Å². The Bertz CT molecular complexity index is 864. The van der Waals surface area contributed by atoms with E-state index in [0.29, 0.717) is 5.56 Å². The van der Waals surface area contributed by atoms with E-state index in [4.69, 9.17) is 49.4 Å². The summed E-state index contributed by atoms with van der Waals surface area (Å²) in [7, 11) is 2.78. The number of methoxy groups -OCH3 is 2. The fraction of sp³-hybridized carbons (Fsp3) is 0.133. The maximum absolute atomic E-state index is 11.1. The second-order valence-electron chi connectivity index (χ2n) is 4.70. The molecule has 0 aliphatic heterocycles. The zero-order chi connectivity index (χ0) is 19.4. The highest BCUT2D eigenvalue weighted by molar-refractivity contribution is 6.46. The summed E-state index contributed by atoms with van der Waals surface area (Å²) in [5.74, 6) is -1.16. The quantitative estimate of drug-likeness (QED) is 0.369. The van der Waals surface area contributed by atoms with Crippen LogP contribution >= 0.6 is 34.8 Å². The fourth-order valence-electron chi connectivity index (χ4n) is 1.91. The zero-order valence-corrected chi connectivity index (χ0v) is 15.6. The van der Waals surface area contributed by atoms with Gasteiger partial charge in [-0.1, -0.05) is 34.8 Å². The van der Waals surface area contributed by atoms with Gasteiger partial charge in [0.2, 0.25) is 5.75 Å². The number of halogens is 3. The number of aromatic carboxylic acids is 1. The summed E-state index contributed by atoms with van der Waals surface area (Å²) >= 11 is 17.8. The lowest BCUT2D eigenvalue weighted by molar-refractivity contribution is 0.0691. The summed E-state index contributed by atoms with van der Waals surface area (Å²) in [6.45, 7) is 0. The van der Waals surface area contributed by atoms with E-state index in [0.717, 1.165) is 0 Å². The Morgan fingerprint density at radius 1 is 1.19 bits per heavy atom. The van der Waals surface area contributed by atoms with Crippen LogP contribution in [0.3, 0.4) is 0 Å². The van der Waals surface area contributed by atoms with Gasteiger partial charge in [0.15, 0.2) is 22.3 Å². The highest BCUT2D eigenvalue weighted by Crippen LogP contribution is 2.38. The van der Waals surface area contributed by atoms with Gasteiger partial charge >= 0.3 is 5.97 Å². The summed E-state index contributed by atoms with van der Waals surface area (Å²) in [6.07, 6.45) is 1.35. The number of aromatic hydroxyl groups is 1. The van der Waals surface area contributed by atoms with Crippen molar-refractivity contribution in [2.75, 3.05) is 19.6 Å². The van der Waals surface area contributed by atoms with Crippen molar-refractivity contribution in [3.63, 3.8) is 0 Å². The number of carboxylic acids is 1. The van der Waals surface area contributed by atoms with E-state index in [1.807, 2.05) is 0 Å². The van der Waals surface area contributed by atoms with Crippen molar-refractivity contribution in [3.8, 4) is 17.2 Å². The third kappa shape index (κ3) is 4.04. The lowest BCUT2D eigenvalue weighted by atomic mass is 10.2. The highest BCUT2D eigenvalue weighted by Gasteiger charge is 2.20. The van der Waals surface area contributed by atoms with Gasteiger partial charge < -0.3 is 19.7 Å². The van der Waals surface area contributed by atoms with Gasteiger partial charge in [-0.3, -0.25) is 5.43 Å². The van der Waals surface area contributed by atoms with Crippen LogP contribution in [0, 0.1) is 0 Å². The Morgan fingerprint density at radius 3 is 2.27 bits per heavy atom. The lowest BCUT2D eigenvalue weighted by Gasteiger charge is -2.10. The number of rotatable bonds is 6. The number of nitrogens with zero attached hydrogens (tertiary/aromatic N) is 2. The normalized spacial score (nSPS) is 10.8. The Labute approximate surface area is 162 Å². The Hall–Kier alpha value is -2.42. The number of benzene rings is 1. The van der Waals surface area contributed by atoms with Crippen LogP contribution in [0.2, 0.25) is 15.2 Å². The molecule has 0 amide bonds. The second kappa shape index (κ2) is 8.31. The summed E-state index contributed by atoms with van der Waals surface area (Å²) in [4.78, 5) is 14.7. The summed E-state index contributed by atoms with van der Waals surface area (Å²) in [5.41, 5.74) is 2.56. The van der Waals surface area contributed by atoms with E-state index in [-0.39, 0.29) is 38.1 Å². The molecule has 0 fully saturated rings. The molecule has 0 aliphatic rings. The van der Waals surface area contributed by atoms with Crippen LogP contribution in [0.15, 0.2) is 17.2 Å². The van der Waals surface area contributed by atoms with Crippen molar-refractivity contribution in [1.29, 1.82) is 0 Å². The third-order valence-electron chi connectivity index (χ3n) is 3.13. The van der Waals surface area contributed by atoms with E-state index >= 15 is 0 Å². The van der Waals surface area contributed by atoms with Crippen LogP contribution in [-0.4, -0.2) is 41.6 Å². The van der Waals surface area contributed by atoms with Crippen molar-refractivity contribution in [2.45, 2.75) is 0 Å². The standard InChI is InChI=1S/C15H12Cl3N3O5/c1-25-7-3-6(4-8(26-2)13(7)22)5-19-21-11-9(16)12(15(23)24)20-14(18)10(11)17/h3-5,22H,1-2H3,(H,20,21)(H,23,24)/b19-5+. The summed E-state index contributed by atoms with van der Waals surface area (Å²) < 4.78 is 10.1. The topological polar surface area (TPSA) is 113 Å². The molecule has 8 nitrogen and oxygen atoms in total. The average molecular weight is 421 g/mol. The summed E-state index contributed by atoms with van der Waals surface area (Å²) in [5, 5.41) is 22.3. The van der Waals surface area contributed by atoms with Crippen molar-refractivity contribution >= 4 is 52.7 Å². The molecule has 3 N–H and O–H groups in total. The van der Waals surface area contributed by atoms with Crippen LogP contribution < -0.4 is 14.9 Å². The van der Waals surface area contributed by atoms with Crippen LogP contribution in [0.5, 0.6) is 17.2 Å². The number of phenolic OH excluding ortho intramolecular Hbond substituents is 1. The molecule has 0 saturated heterocycles. The van der Waals surface area contributed by atoms with Crippen molar-refractivity contribution < 1.29 is 24.5 Å². The number of phenols is 1. The number of anilines is 1. The van der Waals surface area contributed by atoms with Gasteiger partial charge in [-0.2, -0.15) is 5.10 Å². The molecule has 26 heavy (non-hydrogen) atoms. The Balaban J connectivity index is 2.36. The Morgan fingerprint density at radius 2 is 1.77 bits per heavy atom. The van der Waals surface area contributed by atoms with Crippen LogP contribution in [-0.2, 0) is 0 Å². The average Bonchev–Trinajstić information content (AvgIpc) is 2.61. The number of hydrogen-bond acceptors (Lipinski definition) is 7. The van der Waals surface area contributed by atoms with Gasteiger partial charge in [-0.25, -0.2) is 9.78 Å². The van der Waals surface area contributed by atoms with Gasteiger partial charge in [0, 0.05) is 5.56 Å². The zero-order valence-electron chi connectivity index (χ0n) is 13.4. The minimum Gasteiger partial charge on any atom is -0.502 e. The predicted octanol–water partition coefficient (Wildman–Crippen LogP) is 3.91. The molecule has 138 valence electrons. The number of pyridine rings is 1. The Kier molecular flexibility index (Phi) is 6.36. The highest BCUT2D eigenvalue weighted by atomic mass is 35.5. The minimum absolute atomic E-state index is 0.0142. The molecule has 0 radical (unpaired) electrons. The van der Waals surface area contributed by atoms with Gasteiger partial charge in [0.05, 0.1) is 26.1 Å². The van der Waals surface area contributed by atoms with Crippen LogP contribution in [0.25, 0.3) is 0 Å². The number of carbonyl (C=O) groups is 1. The van der Waals surface area contributed by atoms with E-state index < -0.39 is 11.7 Å². The molecule has 0 bridgehead atoms. The third-order valence-corrected chi connectivity index (χ3v) is 4.24. The van der Waals surface area contributed by atoms with Gasteiger partial charge in [0.1, 0.15) is 10.0 Å². The van der Waals surface area contributed by atoms with E-state index in [9.17, 15) is 9.90 Å². The minimum atomic E-state index is -1.37. The molecule has 1 aromatic heterocycles. The number of carboxylic acid groups (broad SMARTS) is 1. The van der Waals surface area contributed by atoms with Crippen LogP contribution in [0.1, 0.15) is 16.1 Å². The molecule has 0 spiro atoms. The van der Waals surface area contributed by atoms with Crippen LogP contribution in [0.4, 0.5) is 5.69 Å². The molecule has 2 aromatic rings. The number of ether oxygens (including phenoxy) is 2. The monoisotopic (exact) mass is 419 g/mol. The van der Waals surface area contributed by atoms with Gasteiger partial charge in [-0.15, -0.1) is 0 Å². The van der Waals surface area contributed by atoms with Gasteiger partial charge in [0.25, 0.3) is 0 Å².